The number of carbonyl (C=O) groups excluding carboxylic acids is 1. The Bertz CT molecular complexity index is 469. The van der Waals surface area contributed by atoms with E-state index in [4.69, 9.17) is 0 Å². The van der Waals surface area contributed by atoms with E-state index < -0.39 is 0 Å². The van der Waals surface area contributed by atoms with Crippen molar-refractivity contribution in [1.29, 1.82) is 0 Å². The molecule has 2 amide bonds. The van der Waals surface area contributed by atoms with Gasteiger partial charge < -0.3 is 10.6 Å². The van der Waals surface area contributed by atoms with Gasteiger partial charge in [0.25, 0.3) is 0 Å². The minimum absolute atomic E-state index is 0.169. The number of hydrogen-bond donors (Lipinski definition) is 2. The molecule has 0 heterocycles. The largest absolute Gasteiger partial charge is 0.323 e. The van der Waals surface area contributed by atoms with Crippen LogP contribution in [0.15, 0.2) is 30.0 Å². The van der Waals surface area contributed by atoms with Gasteiger partial charge in [0.1, 0.15) is 0 Å². The summed E-state index contributed by atoms with van der Waals surface area (Å²) in [6, 6.07) is 5.75. The van der Waals surface area contributed by atoms with E-state index in [-0.39, 0.29) is 6.03 Å². The second-order valence-corrected chi connectivity index (χ2v) is 4.91. The van der Waals surface area contributed by atoms with Crippen LogP contribution in [0.2, 0.25) is 0 Å². The van der Waals surface area contributed by atoms with Crippen molar-refractivity contribution in [3.05, 3.63) is 41.1 Å². The fourth-order valence-corrected chi connectivity index (χ4v) is 2.13. The molecular formula is C15H20N2O. The number of benzene rings is 1. The quantitative estimate of drug-likeness (QED) is 0.814. The first-order valence-electron chi connectivity index (χ1n) is 6.48. The zero-order valence-electron chi connectivity index (χ0n) is 11.0. The van der Waals surface area contributed by atoms with Crippen LogP contribution in [0.4, 0.5) is 10.5 Å². The van der Waals surface area contributed by atoms with E-state index in [1.165, 1.54) is 29.5 Å². The molecule has 1 aromatic rings. The molecule has 3 nitrogen and oxygen atoms in total. The standard InChI is InChI=1S/C15H20N2O/c1-11-7-8-14(9-12(11)2)17-15(18)16-10-13-5-3-4-6-13/h7-10H,3-6H2,1-2H3,(H2,16,17,18). The van der Waals surface area contributed by atoms with Crippen LogP contribution in [-0.2, 0) is 0 Å². The average molecular weight is 244 g/mol. The number of hydrogen-bond acceptors (Lipinski definition) is 1. The van der Waals surface area contributed by atoms with Crippen molar-refractivity contribution in [2.75, 3.05) is 5.32 Å². The van der Waals surface area contributed by atoms with Crippen molar-refractivity contribution in [3.8, 4) is 0 Å². The molecular weight excluding hydrogens is 224 g/mol. The maximum Gasteiger partial charge on any atom is 0.323 e. The Balaban J connectivity index is 1.90. The van der Waals surface area contributed by atoms with Gasteiger partial charge in [-0.2, -0.15) is 0 Å². The fraction of sp³-hybridized carbons (Fsp3) is 0.400. The normalized spacial score (nSPS) is 14.4. The van der Waals surface area contributed by atoms with Gasteiger partial charge in [-0.25, -0.2) is 4.79 Å². The number of carbonyl (C=O) groups is 1. The van der Waals surface area contributed by atoms with Gasteiger partial charge in [-0.05, 0) is 62.8 Å². The molecule has 0 unspecified atom stereocenters. The molecule has 1 saturated carbocycles. The first-order valence-corrected chi connectivity index (χ1v) is 6.48. The number of aryl methyl sites for hydroxylation is 2. The maximum atomic E-state index is 11.7. The smallest absolute Gasteiger partial charge is 0.314 e. The second-order valence-electron chi connectivity index (χ2n) is 4.91. The monoisotopic (exact) mass is 244 g/mol. The Morgan fingerprint density at radius 3 is 2.56 bits per heavy atom. The van der Waals surface area contributed by atoms with Crippen LogP contribution in [0, 0.1) is 13.8 Å². The van der Waals surface area contributed by atoms with Gasteiger partial charge in [0, 0.05) is 11.9 Å². The summed E-state index contributed by atoms with van der Waals surface area (Å²) in [7, 11) is 0. The van der Waals surface area contributed by atoms with Gasteiger partial charge in [0.15, 0.2) is 0 Å². The van der Waals surface area contributed by atoms with Crippen LogP contribution in [-0.4, -0.2) is 6.03 Å². The highest BCUT2D eigenvalue weighted by Crippen LogP contribution is 2.22. The van der Waals surface area contributed by atoms with Crippen molar-refractivity contribution in [1.82, 2.24) is 5.32 Å². The predicted molar refractivity (Wildman–Crippen MR) is 74.6 cm³/mol. The molecule has 18 heavy (non-hydrogen) atoms. The molecule has 2 N–H and O–H groups in total. The lowest BCUT2D eigenvalue weighted by Gasteiger charge is -2.07. The second kappa shape index (κ2) is 5.71. The Labute approximate surface area is 108 Å². The number of allylic oxidation sites excluding steroid dienone is 1. The molecule has 1 aliphatic rings. The van der Waals surface area contributed by atoms with E-state index in [1.807, 2.05) is 31.3 Å². The van der Waals surface area contributed by atoms with Crippen LogP contribution < -0.4 is 10.6 Å². The van der Waals surface area contributed by atoms with E-state index >= 15 is 0 Å². The van der Waals surface area contributed by atoms with Gasteiger partial charge in [-0.15, -0.1) is 0 Å². The van der Waals surface area contributed by atoms with Gasteiger partial charge in [-0.1, -0.05) is 11.6 Å². The third-order valence-electron chi connectivity index (χ3n) is 3.42. The number of nitrogens with one attached hydrogen (secondary N) is 2. The fourth-order valence-electron chi connectivity index (χ4n) is 2.13. The van der Waals surface area contributed by atoms with Gasteiger partial charge in [-0.3, -0.25) is 0 Å². The summed E-state index contributed by atoms with van der Waals surface area (Å²) >= 11 is 0. The van der Waals surface area contributed by atoms with E-state index in [0.29, 0.717) is 0 Å². The Kier molecular flexibility index (Phi) is 4.03. The maximum absolute atomic E-state index is 11.7. The van der Waals surface area contributed by atoms with Crippen molar-refractivity contribution >= 4 is 11.7 Å². The minimum Gasteiger partial charge on any atom is -0.314 e. The molecule has 0 bridgehead atoms. The molecule has 1 aliphatic carbocycles. The number of anilines is 1. The summed E-state index contributed by atoms with van der Waals surface area (Å²) in [4.78, 5) is 11.7. The molecule has 0 aromatic heterocycles. The molecule has 0 aliphatic heterocycles. The van der Waals surface area contributed by atoms with Crippen molar-refractivity contribution in [3.63, 3.8) is 0 Å². The Morgan fingerprint density at radius 2 is 1.89 bits per heavy atom. The zero-order chi connectivity index (χ0) is 13.0. The van der Waals surface area contributed by atoms with Crippen LogP contribution in [0.3, 0.4) is 0 Å². The van der Waals surface area contributed by atoms with E-state index in [0.717, 1.165) is 18.5 Å². The number of urea groups is 1. The number of amides is 2. The number of rotatable bonds is 2. The molecule has 0 atom stereocenters. The highest BCUT2D eigenvalue weighted by Gasteiger charge is 2.07. The highest BCUT2D eigenvalue weighted by molar-refractivity contribution is 5.90. The third-order valence-corrected chi connectivity index (χ3v) is 3.42. The summed E-state index contributed by atoms with van der Waals surface area (Å²) in [5.74, 6) is 0. The molecule has 0 radical (unpaired) electrons. The average Bonchev–Trinajstić information content (AvgIpc) is 2.84. The first kappa shape index (κ1) is 12.7. The van der Waals surface area contributed by atoms with E-state index in [1.54, 1.807) is 0 Å². The van der Waals surface area contributed by atoms with Gasteiger partial charge >= 0.3 is 6.03 Å². The Morgan fingerprint density at radius 1 is 1.17 bits per heavy atom. The van der Waals surface area contributed by atoms with Gasteiger partial charge in [0.05, 0.1) is 0 Å². The third kappa shape index (κ3) is 3.36. The lowest BCUT2D eigenvalue weighted by Crippen LogP contribution is -2.24. The summed E-state index contributed by atoms with van der Waals surface area (Å²) in [6.07, 6.45) is 6.57. The SMILES string of the molecule is Cc1ccc(NC(=O)NC=C2CCCC2)cc1C. The molecule has 0 spiro atoms. The first-order chi connectivity index (χ1) is 8.65. The molecule has 1 fully saturated rings. The van der Waals surface area contributed by atoms with Crippen molar-refractivity contribution < 1.29 is 4.79 Å². The highest BCUT2D eigenvalue weighted by atomic mass is 16.2. The minimum atomic E-state index is -0.169. The Hall–Kier alpha value is -1.77. The lowest BCUT2D eigenvalue weighted by molar-refractivity contribution is 0.255. The van der Waals surface area contributed by atoms with Crippen LogP contribution in [0.5, 0.6) is 0 Å². The summed E-state index contributed by atoms with van der Waals surface area (Å²) < 4.78 is 0. The van der Waals surface area contributed by atoms with Crippen molar-refractivity contribution in [2.45, 2.75) is 39.5 Å². The lowest BCUT2D eigenvalue weighted by atomic mass is 10.1. The van der Waals surface area contributed by atoms with Crippen molar-refractivity contribution in [2.24, 2.45) is 0 Å². The van der Waals surface area contributed by atoms with Gasteiger partial charge in [0.2, 0.25) is 0 Å². The zero-order valence-corrected chi connectivity index (χ0v) is 11.0. The molecule has 0 saturated heterocycles. The predicted octanol–water partition coefficient (Wildman–Crippen LogP) is 3.88. The molecule has 3 heteroatoms. The molecule has 2 rings (SSSR count). The summed E-state index contributed by atoms with van der Waals surface area (Å²) in [5.41, 5.74) is 4.58. The van der Waals surface area contributed by atoms with Crippen LogP contribution >= 0.6 is 0 Å². The molecule has 1 aromatic carbocycles. The van der Waals surface area contributed by atoms with Crippen LogP contribution in [0.1, 0.15) is 36.8 Å². The summed E-state index contributed by atoms with van der Waals surface area (Å²) in [5, 5.41) is 5.63. The topological polar surface area (TPSA) is 41.1 Å². The van der Waals surface area contributed by atoms with Crippen LogP contribution in [0.25, 0.3) is 0 Å². The summed E-state index contributed by atoms with van der Waals surface area (Å²) in [6.45, 7) is 4.10. The van der Waals surface area contributed by atoms with E-state index in [2.05, 4.69) is 17.6 Å². The molecule has 96 valence electrons. The van der Waals surface area contributed by atoms with E-state index in [9.17, 15) is 4.79 Å².